The normalized spacial score (nSPS) is 14.4. The molecule has 4 rings (SSSR count). The van der Waals surface area contributed by atoms with E-state index in [1.54, 1.807) is 41.3 Å². The smallest absolute Gasteiger partial charge is 0.349 e. The number of anilines is 1. The number of carbonyl (C=O) groups is 1. The summed E-state index contributed by atoms with van der Waals surface area (Å²) in [4.78, 5) is 28.9. The van der Waals surface area contributed by atoms with Crippen molar-refractivity contribution in [2.24, 2.45) is 0 Å². The summed E-state index contributed by atoms with van der Waals surface area (Å²) in [6, 6.07) is 13.0. The zero-order valence-electron chi connectivity index (χ0n) is 15.4. The van der Waals surface area contributed by atoms with E-state index in [9.17, 15) is 14.0 Å². The van der Waals surface area contributed by atoms with Crippen LogP contribution in [0.5, 0.6) is 5.75 Å². The molecule has 6 nitrogen and oxygen atoms in total. The number of benzene rings is 2. The third-order valence-electron chi connectivity index (χ3n) is 4.93. The number of rotatable bonds is 3. The zero-order valence-corrected chi connectivity index (χ0v) is 15.4. The van der Waals surface area contributed by atoms with Crippen molar-refractivity contribution in [2.45, 2.75) is 0 Å². The van der Waals surface area contributed by atoms with Gasteiger partial charge in [0.2, 0.25) is 0 Å². The highest BCUT2D eigenvalue weighted by Gasteiger charge is 2.25. The number of ether oxygens (including phenoxy) is 1. The highest BCUT2D eigenvalue weighted by atomic mass is 19.1. The minimum atomic E-state index is -0.660. The number of fused-ring (bicyclic) bond motifs is 1. The number of amides is 1. The molecule has 0 spiro atoms. The summed E-state index contributed by atoms with van der Waals surface area (Å²) < 4.78 is 23.5. The molecule has 1 amide bonds. The van der Waals surface area contributed by atoms with Gasteiger partial charge < -0.3 is 19.0 Å². The van der Waals surface area contributed by atoms with Crippen LogP contribution in [0.25, 0.3) is 11.0 Å². The molecule has 28 heavy (non-hydrogen) atoms. The highest BCUT2D eigenvalue weighted by molar-refractivity contribution is 5.97. The van der Waals surface area contributed by atoms with Crippen molar-refractivity contribution in [3.63, 3.8) is 0 Å². The first-order chi connectivity index (χ1) is 13.5. The Hall–Kier alpha value is -3.35. The fourth-order valence-corrected chi connectivity index (χ4v) is 3.36. The molecule has 0 saturated carbocycles. The van der Waals surface area contributed by atoms with Gasteiger partial charge >= 0.3 is 5.63 Å². The molecular weight excluding hydrogens is 363 g/mol. The lowest BCUT2D eigenvalue weighted by Crippen LogP contribution is -2.49. The Morgan fingerprint density at radius 1 is 1.04 bits per heavy atom. The summed E-state index contributed by atoms with van der Waals surface area (Å²) in [5.41, 5.74) is 0.648. The Labute approximate surface area is 160 Å². The second-order valence-corrected chi connectivity index (χ2v) is 6.61. The van der Waals surface area contributed by atoms with Gasteiger partial charge in [-0.3, -0.25) is 4.79 Å². The van der Waals surface area contributed by atoms with Crippen LogP contribution in [-0.4, -0.2) is 44.1 Å². The number of carbonyl (C=O) groups excluding carboxylic acids is 1. The maximum Gasteiger partial charge on any atom is 0.349 e. The van der Waals surface area contributed by atoms with Gasteiger partial charge in [0.25, 0.3) is 5.91 Å². The molecule has 3 aromatic rings. The molecule has 1 saturated heterocycles. The van der Waals surface area contributed by atoms with E-state index in [4.69, 9.17) is 9.15 Å². The summed E-state index contributed by atoms with van der Waals surface area (Å²) in [6.07, 6.45) is 0. The molecule has 0 aliphatic carbocycles. The minimum Gasteiger partial charge on any atom is -0.497 e. The summed E-state index contributed by atoms with van der Waals surface area (Å²) in [5, 5.41) is 0.661. The first kappa shape index (κ1) is 18.0. The van der Waals surface area contributed by atoms with E-state index < -0.39 is 5.63 Å². The average molecular weight is 382 g/mol. The molecule has 1 fully saturated rings. The number of piperazine rings is 1. The molecule has 0 N–H and O–H groups in total. The molecule has 2 aromatic carbocycles. The topological polar surface area (TPSA) is 63.0 Å². The van der Waals surface area contributed by atoms with Crippen LogP contribution < -0.4 is 15.3 Å². The number of nitrogens with zero attached hydrogens (tertiary/aromatic N) is 2. The average Bonchev–Trinajstić information content (AvgIpc) is 2.73. The first-order valence-electron chi connectivity index (χ1n) is 8.97. The molecule has 0 bridgehead atoms. The zero-order chi connectivity index (χ0) is 19.7. The molecule has 0 radical (unpaired) electrons. The van der Waals surface area contributed by atoms with Crippen LogP contribution in [0.15, 0.2) is 57.7 Å². The van der Waals surface area contributed by atoms with Crippen molar-refractivity contribution in [3.05, 3.63) is 70.3 Å². The van der Waals surface area contributed by atoms with Crippen molar-refractivity contribution >= 4 is 22.6 Å². The van der Waals surface area contributed by atoms with Gasteiger partial charge in [0.1, 0.15) is 22.7 Å². The van der Waals surface area contributed by atoms with Gasteiger partial charge in [-0.05, 0) is 42.5 Å². The van der Waals surface area contributed by atoms with E-state index in [2.05, 4.69) is 4.90 Å². The predicted octanol–water partition coefficient (Wildman–Crippen LogP) is 2.90. The van der Waals surface area contributed by atoms with Crippen LogP contribution in [0.1, 0.15) is 10.4 Å². The van der Waals surface area contributed by atoms with Gasteiger partial charge in [-0.15, -0.1) is 0 Å². The Balaban J connectivity index is 1.51. The van der Waals surface area contributed by atoms with Gasteiger partial charge in [-0.1, -0.05) is 0 Å². The van der Waals surface area contributed by atoms with E-state index in [1.807, 2.05) is 0 Å². The molecule has 1 aliphatic heterocycles. The van der Waals surface area contributed by atoms with Crippen molar-refractivity contribution in [2.75, 3.05) is 38.2 Å². The van der Waals surface area contributed by atoms with Crippen LogP contribution >= 0.6 is 0 Å². The van der Waals surface area contributed by atoms with Gasteiger partial charge in [0, 0.05) is 43.3 Å². The summed E-state index contributed by atoms with van der Waals surface area (Å²) in [6.45, 7) is 2.15. The summed E-state index contributed by atoms with van der Waals surface area (Å²) >= 11 is 0. The number of halogens is 1. The SMILES string of the molecule is COc1ccc2cc(C(=O)N3CCN(c4ccc(F)cc4)CC3)c(=O)oc2c1. The van der Waals surface area contributed by atoms with E-state index >= 15 is 0 Å². The van der Waals surface area contributed by atoms with Gasteiger partial charge in [-0.25, -0.2) is 9.18 Å². The van der Waals surface area contributed by atoms with Crippen LogP contribution in [-0.2, 0) is 0 Å². The standard InChI is InChI=1S/C21H19FN2O4/c1-27-17-7-2-14-12-18(21(26)28-19(14)13-17)20(25)24-10-8-23(9-11-24)16-5-3-15(22)4-6-16/h2-7,12-13H,8-11H2,1H3. The Kier molecular flexibility index (Phi) is 4.73. The lowest BCUT2D eigenvalue weighted by Gasteiger charge is -2.36. The molecule has 1 aliphatic rings. The minimum absolute atomic E-state index is 0.0212. The Bertz CT molecular complexity index is 1070. The molecule has 2 heterocycles. The van der Waals surface area contributed by atoms with Gasteiger partial charge in [0.15, 0.2) is 0 Å². The first-order valence-corrected chi connectivity index (χ1v) is 8.97. The predicted molar refractivity (Wildman–Crippen MR) is 104 cm³/mol. The van der Waals surface area contributed by atoms with Crippen LogP contribution in [0.3, 0.4) is 0 Å². The second kappa shape index (κ2) is 7.34. The lowest BCUT2D eigenvalue weighted by molar-refractivity contribution is 0.0742. The molecule has 0 atom stereocenters. The van der Waals surface area contributed by atoms with Gasteiger partial charge in [0.05, 0.1) is 7.11 Å². The maximum atomic E-state index is 13.1. The van der Waals surface area contributed by atoms with E-state index in [0.29, 0.717) is 42.9 Å². The quantitative estimate of drug-likeness (QED) is 0.652. The Morgan fingerprint density at radius 3 is 2.43 bits per heavy atom. The third kappa shape index (κ3) is 3.43. The summed E-state index contributed by atoms with van der Waals surface area (Å²) in [7, 11) is 1.53. The van der Waals surface area contributed by atoms with E-state index in [-0.39, 0.29) is 17.3 Å². The molecular formula is C21H19FN2O4. The van der Waals surface area contributed by atoms with Crippen molar-refractivity contribution in [1.82, 2.24) is 4.90 Å². The molecule has 0 unspecified atom stereocenters. The van der Waals surface area contributed by atoms with E-state index in [0.717, 1.165) is 5.69 Å². The fraction of sp³-hybridized carbons (Fsp3) is 0.238. The third-order valence-corrected chi connectivity index (χ3v) is 4.93. The molecule has 1 aromatic heterocycles. The monoisotopic (exact) mass is 382 g/mol. The van der Waals surface area contributed by atoms with Crippen molar-refractivity contribution in [1.29, 1.82) is 0 Å². The lowest BCUT2D eigenvalue weighted by atomic mass is 10.1. The second-order valence-electron chi connectivity index (χ2n) is 6.61. The van der Waals surface area contributed by atoms with Crippen molar-refractivity contribution < 1.29 is 18.3 Å². The van der Waals surface area contributed by atoms with Crippen LogP contribution in [0, 0.1) is 5.82 Å². The van der Waals surface area contributed by atoms with Crippen LogP contribution in [0.2, 0.25) is 0 Å². The van der Waals surface area contributed by atoms with Crippen LogP contribution in [0.4, 0.5) is 10.1 Å². The molecule has 144 valence electrons. The van der Waals surface area contributed by atoms with Crippen molar-refractivity contribution in [3.8, 4) is 5.75 Å². The summed E-state index contributed by atoms with van der Waals surface area (Å²) in [5.74, 6) is -0.0462. The van der Waals surface area contributed by atoms with Gasteiger partial charge in [-0.2, -0.15) is 0 Å². The van der Waals surface area contributed by atoms with E-state index in [1.165, 1.54) is 19.2 Å². The number of methoxy groups -OCH3 is 1. The number of hydrogen-bond acceptors (Lipinski definition) is 5. The fourth-order valence-electron chi connectivity index (χ4n) is 3.36. The maximum absolute atomic E-state index is 13.1. The molecule has 7 heteroatoms. The largest absolute Gasteiger partial charge is 0.497 e. The Morgan fingerprint density at radius 2 is 1.75 bits per heavy atom. The highest BCUT2D eigenvalue weighted by Crippen LogP contribution is 2.21. The number of hydrogen-bond donors (Lipinski definition) is 0.